The zero-order valence-electron chi connectivity index (χ0n) is 8.12. The summed E-state index contributed by atoms with van der Waals surface area (Å²) in [5, 5.41) is 0. The second-order valence-corrected chi connectivity index (χ2v) is 2.84. The van der Waals surface area contributed by atoms with Gasteiger partial charge in [-0.1, -0.05) is 0 Å². The number of aromatic nitrogens is 2. The Labute approximate surface area is 75.2 Å². The second-order valence-electron chi connectivity index (χ2n) is 2.84. The number of nitrogens with zero attached hydrogens (tertiary/aromatic N) is 2. The van der Waals surface area contributed by atoms with Crippen molar-refractivity contribution in [2.45, 2.75) is 6.92 Å². The van der Waals surface area contributed by atoms with Gasteiger partial charge in [0.2, 0.25) is 5.88 Å². The molecule has 0 fully saturated rings. The van der Waals surface area contributed by atoms with Crippen molar-refractivity contribution in [2.24, 2.45) is 14.1 Å². The van der Waals surface area contributed by atoms with E-state index in [1.54, 1.807) is 14.0 Å². The lowest BCUT2D eigenvalue weighted by molar-refractivity contribution is 0.364. The van der Waals surface area contributed by atoms with Gasteiger partial charge in [0.1, 0.15) is 0 Å². The molecule has 0 unspecified atom stereocenters. The zero-order valence-corrected chi connectivity index (χ0v) is 8.12. The van der Waals surface area contributed by atoms with Gasteiger partial charge in [-0.3, -0.25) is 13.9 Å². The molecule has 5 heteroatoms. The number of ether oxygens (including phenoxy) is 1. The lowest BCUT2D eigenvalue weighted by Gasteiger charge is -2.10. The number of methoxy groups -OCH3 is 1. The average molecular weight is 184 g/mol. The van der Waals surface area contributed by atoms with Crippen LogP contribution < -0.4 is 16.0 Å². The first-order valence-electron chi connectivity index (χ1n) is 3.81. The predicted molar refractivity (Wildman–Crippen MR) is 48.2 cm³/mol. The maximum atomic E-state index is 11.4. The second kappa shape index (κ2) is 3.08. The van der Waals surface area contributed by atoms with Crippen LogP contribution in [-0.2, 0) is 14.1 Å². The third-order valence-electron chi connectivity index (χ3n) is 2.02. The maximum Gasteiger partial charge on any atom is 0.333 e. The van der Waals surface area contributed by atoms with Crippen molar-refractivity contribution in [1.29, 1.82) is 0 Å². The van der Waals surface area contributed by atoms with Crippen molar-refractivity contribution < 1.29 is 4.74 Å². The number of rotatable bonds is 1. The summed E-state index contributed by atoms with van der Waals surface area (Å²) in [6.45, 7) is 1.63. The lowest BCUT2D eigenvalue weighted by atomic mass is 10.3. The van der Waals surface area contributed by atoms with Gasteiger partial charge in [0.25, 0.3) is 5.56 Å². The predicted octanol–water partition coefficient (Wildman–Crippen LogP) is -0.599. The molecule has 0 aliphatic carbocycles. The van der Waals surface area contributed by atoms with Crippen LogP contribution >= 0.6 is 0 Å². The average Bonchev–Trinajstić information content (AvgIpc) is 2.13. The third kappa shape index (κ3) is 1.26. The molecule has 0 radical (unpaired) electrons. The van der Waals surface area contributed by atoms with E-state index in [1.165, 1.54) is 18.7 Å². The maximum absolute atomic E-state index is 11.4. The van der Waals surface area contributed by atoms with Crippen LogP contribution in [0.15, 0.2) is 9.59 Å². The third-order valence-corrected chi connectivity index (χ3v) is 2.02. The molecule has 0 saturated carbocycles. The van der Waals surface area contributed by atoms with E-state index in [9.17, 15) is 9.59 Å². The van der Waals surface area contributed by atoms with Gasteiger partial charge in [0.05, 0.1) is 12.7 Å². The summed E-state index contributed by atoms with van der Waals surface area (Å²) in [5.74, 6) is 0.313. The first-order valence-corrected chi connectivity index (χ1v) is 3.81. The molecule has 1 aromatic rings. The van der Waals surface area contributed by atoms with E-state index in [1.807, 2.05) is 0 Å². The molecule has 0 N–H and O–H groups in total. The van der Waals surface area contributed by atoms with E-state index in [0.717, 1.165) is 4.57 Å². The molecule has 0 aliphatic heterocycles. The van der Waals surface area contributed by atoms with E-state index < -0.39 is 0 Å². The zero-order chi connectivity index (χ0) is 10.2. The number of hydrogen-bond acceptors (Lipinski definition) is 3. The molecule has 0 saturated heterocycles. The Kier molecular flexibility index (Phi) is 2.27. The topological polar surface area (TPSA) is 53.2 Å². The van der Waals surface area contributed by atoms with Crippen molar-refractivity contribution in [2.75, 3.05) is 7.11 Å². The van der Waals surface area contributed by atoms with E-state index in [2.05, 4.69) is 0 Å². The van der Waals surface area contributed by atoms with E-state index in [0.29, 0.717) is 11.4 Å². The molecule has 0 bridgehead atoms. The minimum Gasteiger partial charge on any atom is -0.482 e. The molecule has 72 valence electrons. The first kappa shape index (κ1) is 9.57. The monoisotopic (exact) mass is 184 g/mol. The largest absolute Gasteiger partial charge is 0.482 e. The van der Waals surface area contributed by atoms with Gasteiger partial charge >= 0.3 is 5.69 Å². The highest BCUT2D eigenvalue weighted by molar-refractivity contribution is 5.22. The molecule has 0 aromatic carbocycles. The summed E-state index contributed by atoms with van der Waals surface area (Å²) < 4.78 is 7.30. The summed E-state index contributed by atoms with van der Waals surface area (Å²) in [4.78, 5) is 22.8. The Hall–Kier alpha value is -1.52. The Balaban J connectivity index is 3.78. The van der Waals surface area contributed by atoms with Gasteiger partial charge < -0.3 is 4.74 Å². The van der Waals surface area contributed by atoms with Crippen LogP contribution in [0.2, 0.25) is 0 Å². The highest BCUT2D eigenvalue weighted by Crippen LogP contribution is 2.07. The van der Waals surface area contributed by atoms with Crippen molar-refractivity contribution >= 4 is 0 Å². The van der Waals surface area contributed by atoms with E-state index >= 15 is 0 Å². The summed E-state index contributed by atoms with van der Waals surface area (Å²) in [6.07, 6.45) is 0. The molecule has 5 nitrogen and oxygen atoms in total. The quantitative estimate of drug-likeness (QED) is 0.585. The summed E-state index contributed by atoms with van der Waals surface area (Å²) in [5.41, 5.74) is -0.264. The molecule has 0 spiro atoms. The van der Waals surface area contributed by atoms with Gasteiger partial charge in [-0.25, -0.2) is 4.79 Å². The fraction of sp³-hybridized carbons (Fsp3) is 0.500. The summed E-state index contributed by atoms with van der Waals surface area (Å²) in [7, 11) is 4.44. The molecule has 0 amide bonds. The standard InChI is InChI=1S/C8H12N2O3/c1-5-6(11)9(2)8(12)10(3)7(5)13-4/h1-4H3. The van der Waals surface area contributed by atoms with Gasteiger partial charge in [-0.15, -0.1) is 0 Å². The Morgan fingerprint density at radius 2 is 1.69 bits per heavy atom. The van der Waals surface area contributed by atoms with E-state index in [-0.39, 0.29) is 11.2 Å². The van der Waals surface area contributed by atoms with Crippen LogP contribution in [0.3, 0.4) is 0 Å². The van der Waals surface area contributed by atoms with Gasteiger partial charge in [-0.05, 0) is 6.92 Å². The molecule has 0 atom stereocenters. The fourth-order valence-electron chi connectivity index (χ4n) is 1.28. The van der Waals surface area contributed by atoms with Crippen molar-refractivity contribution in [3.05, 3.63) is 26.4 Å². The highest BCUT2D eigenvalue weighted by Gasteiger charge is 2.11. The fourth-order valence-corrected chi connectivity index (χ4v) is 1.28. The van der Waals surface area contributed by atoms with E-state index in [4.69, 9.17) is 4.74 Å². The highest BCUT2D eigenvalue weighted by atomic mass is 16.5. The SMILES string of the molecule is COc1c(C)c(=O)n(C)c(=O)n1C. The van der Waals surface area contributed by atoms with Crippen LogP contribution in [-0.4, -0.2) is 16.2 Å². The molecular weight excluding hydrogens is 172 g/mol. The van der Waals surface area contributed by atoms with Crippen molar-refractivity contribution in [3.8, 4) is 5.88 Å². The molecule has 1 rings (SSSR count). The van der Waals surface area contributed by atoms with Crippen LogP contribution in [0.25, 0.3) is 0 Å². The minimum absolute atomic E-state index is 0.313. The first-order chi connectivity index (χ1) is 6.00. The van der Waals surface area contributed by atoms with Gasteiger partial charge in [-0.2, -0.15) is 0 Å². The van der Waals surface area contributed by atoms with Crippen LogP contribution in [0, 0.1) is 6.92 Å². The lowest BCUT2D eigenvalue weighted by Crippen LogP contribution is -2.38. The molecule has 1 aromatic heterocycles. The van der Waals surface area contributed by atoms with Gasteiger partial charge in [0.15, 0.2) is 0 Å². The Bertz CT molecular complexity index is 405. The normalized spacial score (nSPS) is 10.2. The smallest absolute Gasteiger partial charge is 0.333 e. The minimum atomic E-state index is -0.382. The molecule has 1 heterocycles. The Morgan fingerprint density at radius 1 is 1.15 bits per heavy atom. The molecule has 0 aliphatic rings. The summed E-state index contributed by atoms with van der Waals surface area (Å²) >= 11 is 0. The van der Waals surface area contributed by atoms with Gasteiger partial charge in [0, 0.05) is 14.1 Å². The Morgan fingerprint density at radius 3 is 2.15 bits per heavy atom. The van der Waals surface area contributed by atoms with Crippen molar-refractivity contribution in [3.63, 3.8) is 0 Å². The molecular formula is C8H12N2O3. The van der Waals surface area contributed by atoms with Crippen LogP contribution in [0.5, 0.6) is 5.88 Å². The molecule has 13 heavy (non-hydrogen) atoms. The summed E-state index contributed by atoms with van der Waals surface area (Å²) in [6, 6.07) is 0. The van der Waals surface area contributed by atoms with Crippen molar-refractivity contribution in [1.82, 2.24) is 9.13 Å². The van der Waals surface area contributed by atoms with Crippen LogP contribution in [0.1, 0.15) is 5.56 Å². The number of hydrogen-bond donors (Lipinski definition) is 0. The van der Waals surface area contributed by atoms with Crippen LogP contribution in [0.4, 0.5) is 0 Å².